The van der Waals surface area contributed by atoms with Crippen LogP contribution in [0.2, 0.25) is 10.0 Å². The second-order valence-corrected chi connectivity index (χ2v) is 5.53. The van der Waals surface area contributed by atoms with Gasteiger partial charge in [0, 0.05) is 21.6 Å². The SMILES string of the molecule is NNC(c1cc(Cl)ccc1Cl)c1ccnc2ccccc12. The predicted molar refractivity (Wildman–Crippen MR) is 87.4 cm³/mol. The van der Waals surface area contributed by atoms with Gasteiger partial charge in [-0.2, -0.15) is 0 Å². The Morgan fingerprint density at radius 2 is 1.81 bits per heavy atom. The Morgan fingerprint density at radius 3 is 2.62 bits per heavy atom. The van der Waals surface area contributed by atoms with E-state index in [0.29, 0.717) is 10.0 Å². The minimum atomic E-state index is -0.260. The number of aromatic nitrogens is 1. The molecule has 1 unspecified atom stereocenters. The van der Waals surface area contributed by atoms with Gasteiger partial charge in [-0.3, -0.25) is 10.8 Å². The zero-order valence-electron chi connectivity index (χ0n) is 11.1. The van der Waals surface area contributed by atoms with Crippen molar-refractivity contribution in [3.63, 3.8) is 0 Å². The van der Waals surface area contributed by atoms with Crippen LogP contribution in [-0.4, -0.2) is 4.98 Å². The molecule has 0 saturated heterocycles. The highest BCUT2D eigenvalue weighted by atomic mass is 35.5. The molecule has 0 fully saturated rings. The lowest BCUT2D eigenvalue weighted by Gasteiger charge is -2.20. The molecule has 106 valence electrons. The molecule has 1 heterocycles. The van der Waals surface area contributed by atoms with Gasteiger partial charge >= 0.3 is 0 Å². The largest absolute Gasteiger partial charge is 0.271 e. The summed E-state index contributed by atoms with van der Waals surface area (Å²) in [6.07, 6.45) is 1.76. The summed E-state index contributed by atoms with van der Waals surface area (Å²) in [6, 6.07) is 14.9. The highest BCUT2D eigenvalue weighted by molar-refractivity contribution is 6.33. The Labute approximate surface area is 132 Å². The second-order valence-electron chi connectivity index (χ2n) is 4.68. The van der Waals surface area contributed by atoms with Gasteiger partial charge in [0.2, 0.25) is 0 Å². The molecule has 3 N–H and O–H groups in total. The number of pyridine rings is 1. The van der Waals surface area contributed by atoms with Crippen molar-refractivity contribution in [3.05, 3.63) is 75.9 Å². The monoisotopic (exact) mass is 317 g/mol. The molecule has 0 amide bonds. The standard InChI is InChI=1S/C16H13Cl2N3/c17-10-5-6-14(18)13(9-10)16(21-19)12-7-8-20-15-4-2-1-3-11(12)15/h1-9,16,21H,19H2. The third-order valence-electron chi connectivity index (χ3n) is 3.43. The van der Waals surface area contributed by atoms with Gasteiger partial charge in [-0.05, 0) is 41.5 Å². The highest BCUT2D eigenvalue weighted by Gasteiger charge is 2.18. The summed E-state index contributed by atoms with van der Waals surface area (Å²) in [7, 11) is 0. The van der Waals surface area contributed by atoms with Crippen LogP contribution in [0.25, 0.3) is 10.9 Å². The zero-order valence-corrected chi connectivity index (χ0v) is 12.6. The van der Waals surface area contributed by atoms with Crippen molar-refractivity contribution in [2.45, 2.75) is 6.04 Å². The zero-order chi connectivity index (χ0) is 14.8. The van der Waals surface area contributed by atoms with Gasteiger partial charge in [-0.15, -0.1) is 0 Å². The molecule has 3 rings (SSSR count). The van der Waals surface area contributed by atoms with E-state index in [4.69, 9.17) is 29.0 Å². The van der Waals surface area contributed by atoms with Gasteiger partial charge < -0.3 is 0 Å². The average Bonchev–Trinajstić information content (AvgIpc) is 2.51. The van der Waals surface area contributed by atoms with Crippen molar-refractivity contribution in [1.29, 1.82) is 0 Å². The summed E-state index contributed by atoms with van der Waals surface area (Å²) in [5.74, 6) is 5.77. The number of halogens is 2. The number of nitrogens with two attached hydrogens (primary N) is 1. The van der Waals surface area contributed by atoms with E-state index in [-0.39, 0.29) is 6.04 Å². The van der Waals surface area contributed by atoms with E-state index in [1.54, 1.807) is 18.3 Å². The van der Waals surface area contributed by atoms with Crippen molar-refractivity contribution >= 4 is 34.1 Å². The lowest BCUT2D eigenvalue weighted by Crippen LogP contribution is -2.29. The minimum absolute atomic E-state index is 0.260. The van der Waals surface area contributed by atoms with E-state index in [0.717, 1.165) is 22.0 Å². The number of hydrazine groups is 1. The quantitative estimate of drug-likeness (QED) is 0.565. The molecular formula is C16H13Cl2N3. The summed E-state index contributed by atoms with van der Waals surface area (Å²) >= 11 is 12.4. The first kappa shape index (κ1) is 14.3. The minimum Gasteiger partial charge on any atom is -0.271 e. The number of hydrogen-bond acceptors (Lipinski definition) is 3. The van der Waals surface area contributed by atoms with Crippen LogP contribution < -0.4 is 11.3 Å². The fraction of sp³-hybridized carbons (Fsp3) is 0.0625. The molecule has 2 aromatic carbocycles. The Balaban J connectivity index is 2.21. The van der Waals surface area contributed by atoms with Crippen LogP contribution in [0.1, 0.15) is 17.2 Å². The van der Waals surface area contributed by atoms with Crippen molar-refractivity contribution in [2.75, 3.05) is 0 Å². The van der Waals surface area contributed by atoms with E-state index in [1.165, 1.54) is 0 Å². The van der Waals surface area contributed by atoms with Crippen LogP contribution >= 0.6 is 23.2 Å². The van der Waals surface area contributed by atoms with Crippen LogP contribution in [0.3, 0.4) is 0 Å². The van der Waals surface area contributed by atoms with Crippen molar-refractivity contribution in [3.8, 4) is 0 Å². The fourth-order valence-electron chi connectivity index (χ4n) is 2.45. The van der Waals surface area contributed by atoms with Crippen LogP contribution in [0.5, 0.6) is 0 Å². The first-order valence-corrected chi connectivity index (χ1v) is 7.21. The summed E-state index contributed by atoms with van der Waals surface area (Å²) in [5, 5.41) is 2.26. The average molecular weight is 318 g/mol. The Kier molecular flexibility index (Phi) is 4.08. The summed E-state index contributed by atoms with van der Waals surface area (Å²) in [6.45, 7) is 0. The van der Waals surface area contributed by atoms with Gasteiger partial charge in [-0.1, -0.05) is 41.4 Å². The fourth-order valence-corrected chi connectivity index (χ4v) is 2.86. The normalized spacial score (nSPS) is 12.5. The molecule has 5 heteroatoms. The van der Waals surface area contributed by atoms with Gasteiger partial charge in [0.25, 0.3) is 0 Å². The topological polar surface area (TPSA) is 50.9 Å². The Hall–Kier alpha value is -1.65. The van der Waals surface area contributed by atoms with E-state index in [1.807, 2.05) is 36.4 Å². The maximum absolute atomic E-state index is 6.30. The van der Waals surface area contributed by atoms with E-state index < -0.39 is 0 Å². The number of benzene rings is 2. The first-order chi connectivity index (χ1) is 10.2. The molecule has 0 saturated carbocycles. The molecule has 3 aromatic rings. The van der Waals surface area contributed by atoms with Crippen LogP contribution in [0, 0.1) is 0 Å². The summed E-state index contributed by atoms with van der Waals surface area (Å²) in [5.41, 5.74) is 5.58. The molecule has 1 atom stereocenters. The molecule has 1 aromatic heterocycles. The number of rotatable bonds is 3. The predicted octanol–water partition coefficient (Wildman–Crippen LogP) is 4.09. The number of para-hydroxylation sites is 1. The lowest BCUT2D eigenvalue weighted by atomic mass is 9.96. The molecule has 0 spiro atoms. The molecule has 21 heavy (non-hydrogen) atoms. The maximum Gasteiger partial charge on any atom is 0.0732 e. The van der Waals surface area contributed by atoms with Gasteiger partial charge in [0.15, 0.2) is 0 Å². The molecule has 0 radical (unpaired) electrons. The first-order valence-electron chi connectivity index (χ1n) is 6.45. The number of fused-ring (bicyclic) bond motifs is 1. The molecule has 0 aliphatic carbocycles. The highest BCUT2D eigenvalue weighted by Crippen LogP contribution is 2.33. The van der Waals surface area contributed by atoms with Gasteiger partial charge in [0.05, 0.1) is 11.6 Å². The number of hydrogen-bond donors (Lipinski definition) is 2. The third kappa shape index (κ3) is 2.74. The molecule has 0 aliphatic heterocycles. The van der Waals surface area contributed by atoms with Crippen LogP contribution in [0.4, 0.5) is 0 Å². The van der Waals surface area contributed by atoms with Gasteiger partial charge in [-0.25, -0.2) is 5.43 Å². The molecule has 3 nitrogen and oxygen atoms in total. The van der Waals surface area contributed by atoms with E-state index in [2.05, 4.69) is 10.4 Å². The summed E-state index contributed by atoms with van der Waals surface area (Å²) < 4.78 is 0. The van der Waals surface area contributed by atoms with Crippen molar-refractivity contribution < 1.29 is 0 Å². The van der Waals surface area contributed by atoms with E-state index in [9.17, 15) is 0 Å². The molecule has 0 bridgehead atoms. The second kappa shape index (κ2) is 6.00. The van der Waals surface area contributed by atoms with Crippen molar-refractivity contribution in [1.82, 2.24) is 10.4 Å². The molecule has 0 aliphatic rings. The third-order valence-corrected chi connectivity index (χ3v) is 4.01. The number of nitrogens with one attached hydrogen (secondary N) is 1. The van der Waals surface area contributed by atoms with Crippen molar-refractivity contribution in [2.24, 2.45) is 5.84 Å². The number of nitrogens with zero attached hydrogens (tertiary/aromatic N) is 1. The maximum atomic E-state index is 6.30. The Morgan fingerprint density at radius 1 is 1.00 bits per heavy atom. The summed E-state index contributed by atoms with van der Waals surface area (Å²) in [4.78, 5) is 4.36. The molecular weight excluding hydrogens is 305 g/mol. The van der Waals surface area contributed by atoms with Gasteiger partial charge in [0.1, 0.15) is 0 Å². The smallest absolute Gasteiger partial charge is 0.0732 e. The van der Waals surface area contributed by atoms with Crippen LogP contribution in [-0.2, 0) is 0 Å². The Bertz CT molecular complexity index is 784. The lowest BCUT2D eigenvalue weighted by molar-refractivity contribution is 0.641. The van der Waals surface area contributed by atoms with E-state index >= 15 is 0 Å². The van der Waals surface area contributed by atoms with Crippen LogP contribution in [0.15, 0.2) is 54.7 Å².